The smallest absolute Gasteiger partial charge is 0.247 e. The Morgan fingerprint density at radius 1 is 1.00 bits per heavy atom. The highest BCUT2D eigenvalue weighted by Gasteiger charge is 2.50. The number of nitrogens with one attached hydrogen (secondary N) is 3. The Balaban J connectivity index is 1.82. The number of halogens is 2. The van der Waals surface area contributed by atoms with Crippen molar-refractivity contribution in [2.45, 2.75) is 72.4 Å². The number of aromatic nitrogens is 1. The maximum Gasteiger partial charge on any atom is 0.247 e. The molecule has 0 fully saturated rings. The van der Waals surface area contributed by atoms with Crippen LogP contribution >= 0.6 is 0 Å². The molecule has 252 valence electrons. The molecule has 0 saturated carbocycles. The van der Waals surface area contributed by atoms with Crippen molar-refractivity contribution in [3.63, 3.8) is 0 Å². The first-order chi connectivity index (χ1) is 22.6. The largest absolute Gasteiger partial charge is 0.444 e. The van der Waals surface area contributed by atoms with E-state index in [0.717, 1.165) is 18.1 Å². The van der Waals surface area contributed by atoms with Gasteiger partial charge in [0.15, 0.2) is 0 Å². The van der Waals surface area contributed by atoms with Crippen LogP contribution in [0.15, 0.2) is 70.9 Å². The highest BCUT2D eigenvalue weighted by Crippen LogP contribution is 2.46. The van der Waals surface area contributed by atoms with Crippen molar-refractivity contribution in [1.29, 1.82) is 0 Å². The molecule has 3 atom stereocenters. The van der Waals surface area contributed by atoms with E-state index in [-0.39, 0.29) is 36.7 Å². The van der Waals surface area contributed by atoms with Gasteiger partial charge in [0.05, 0.1) is 17.2 Å². The first kappa shape index (κ1) is 35.7. The predicted molar refractivity (Wildman–Crippen MR) is 178 cm³/mol. The summed E-state index contributed by atoms with van der Waals surface area (Å²) in [4.78, 5) is 32.4. The monoisotopic (exact) mass is 648 g/mol. The molecule has 0 spiro atoms. The molecule has 1 unspecified atom stereocenters. The van der Waals surface area contributed by atoms with Crippen molar-refractivity contribution < 1.29 is 27.9 Å². The molecule has 3 aromatic rings. The van der Waals surface area contributed by atoms with Gasteiger partial charge in [0, 0.05) is 49.3 Å². The summed E-state index contributed by atoms with van der Waals surface area (Å²) in [6.45, 7) is 9.03. The molecule has 1 aliphatic rings. The molecule has 2 aromatic carbocycles. The van der Waals surface area contributed by atoms with Gasteiger partial charge < -0.3 is 25.5 Å². The molecule has 0 radical (unpaired) electrons. The number of hydrogen-bond donors (Lipinski definition) is 4. The first-order valence-electron chi connectivity index (χ1n) is 16.4. The molecular formula is C37H46F2N4O4. The van der Waals surface area contributed by atoms with E-state index in [2.05, 4.69) is 40.0 Å². The number of allylic oxidation sites excluding steroid dienone is 2. The quantitative estimate of drug-likeness (QED) is 0.161. The lowest BCUT2D eigenvalue weighted by Gasteiger charge is -2.42. The number of benzene rings is 2. The minimum atomic E-state index is -1.52. The summed E-state index contributed by atoms with van der Waals surface area (Å²) < 4.78 is 34.7. The number of rotatable bonds is 16. The second-order valence-electron chi connectivity index (χ2n) is 12.3. The molecule has 2 amide bonds. The van der Waals surface area contributed by atoms with Gasteiger partial charge in [-0.1, -0.05) is 51.1 Å². The van der Waals surface area contributed by atoms with E-state index < -0.39 is 35.0 Å². The molecule has 4 N–H and O–H groups in total. The number of aryl methyl sites for hydroxylation is 2. The number of hydrogen-bond acceptors (Lipinski definition) is 6. The minimum Gasteiger partial charge on any atom is -0.444 e. The number of carbonyl (C=O) groups is 2. The Kier molecular flexibility index (Phi) is 12.6. The molecule has 0 aliphatic heterocycles. The van der Waals surface area contributed by atoms with Gasteiger partial charge in [0.2, 0.25) is 17.7 Å². The van der Waals surface area contributed by atoms with E-state index in [4.69, 9.17) is 4.42 Å². The molecular weight excluding hydrogens is 602 g/mol. The molecule has 1 heterocycles. The van der Waals surface area contributed by atoms with Gasteiger partial charge >= 0.3 is 0 Å². The fourth-order valence-electron chi connectivity index (χ4n) is 6.10. The SMILES string of the molecule is CCCNC(=O)C1=CC(c2nc(C)co2)=CC(C(=O)NCCC)([C@H](Cc2cc(F)cc(F)c2)[C@@H](O)CNCc2cccc(CC)c2)C1. The Labute approximate surface area is 275 Å². The van der Waals surface area contributed by atoms with Crippen molar-refractivity contribution in [3.8, 4) is 0 Å². The van der Waals surface area contributed by atoms with Crippen LogP contribution in [0, 0.1) is 29.9 Å². The zero-order valence-electron chi connectivity index (χ0n) is 27.7. The zero-order chi connectivity index (χ0) is 34.0. The van der Waals surface area contributed by atoms with Crippen LogP contribution < -0.4 is 16.0 Å². The fourth-order valence-corrected chi connectivity index (χ4v) is 6.10. The van der Waals surface area contributed by atoms with Crippen LogP contribution in [0.4, 0.5) is 8.78 Å². The molecule has 1 aromatic heterocycles. The number of aliphatic hydroxyl groups is 1. The standard InChI is InChI=1S/C37H46F2N4O4/c1-5-11-41-34(45)28-17-29(35-43-24(4)23-47-35)20-37(19-28,36(46)42-12-6-2)32(16-27-14-30(38)18-31(39)15-27)33(44)22-40-21-26-10-8-9-25(7-3)13-26/h8-10,13-15,17-18,20,23,32-33,40,44H,5-7,11-12,16,19,21-22H2,1-4H3,(H,41,45)(H,42,46)/t32-,33+,37?/m1/s1. The van der Waals surface area contributed by atoms with Gasteiger partial charge in [-0.15, -0.1) is 0 Å². The summed E-state index contributed by atoms with van der Waals surface area (Å²) in [5, 5.41) is 21.2. The van der Waals surface area contributed by atoms with E-state index in [1.165, 1.54) is 24.0 Å². The Hall–Kier alpha value is -4.15. The molecule has 8 nitrogen and oxygen atoms in total. The number of amides is 2. The van der Waals surface area contributed by atoms with E-state index >= 15 is 0 Å². The minimum absolute atomic E-state index is 0.0549. The average Bonchev–Trinajstić information content (AvgIpc) is 3.50. The van der Waals surface area contributed by atoms with Crippen molar-refractivity contribution in [2.24, 2.45) is 11.3 Å². The number of oxazole rings is 1. The van der Waals surface area contributed by atoms with Crippen LogP contribution in [0.3, 0.4) is 0 Å². The molecule has 0 saturated heterocycles. The van der Waals surface area contributed by atoms with Crippen LogP contribution in [0.1, 0.15) is 68.3 Å². The van der Waals surface area contributed by atoms with Gasteiger partial charge in [0.1, 0.15) is 17.9 Å². The van der Waals surface area contributed by atoms with Gasteiger partial charge in [-0.25, -0.2) is 13.8 Å². The topological polar surface area (TPSA) is 116 Å². The zero-order valence-corrected chi connectivity index (χ0v) is 27.7. The third-order valence-corrected chi connectivity index (χ3v) is 8.46. The lowest BCUT2D eigenvalue weighted by molar-refractivity contribution is -0.134. The molecule has 1 aliphatic carbocycles. The van der Waals surface area contributed by atoms with E-state index in [1.807, 2.05) is 26.0 Å². The molecule has 4 rings (SSSR count). The van der Waals surface area contributed by atoms with Gasteiger partial charge in [0.25, 0.3) is 0 Å². The predicted octanol–water partition coefficient (Wildman–Crippen LogP) is 5.59. The van der Waals surface area contributed by atoms with Crippen LogP contribution in [0.5, 0.6) is 0 Å². The summed E-state index contributed by atoms with van der Waals surface area (Å²) in [6, 6.07) is 11.3. The maximum atomic E-state index is 14.5. The highest BCUT2D eigenvalue weighted by molar-refractivity contribution is 6.00. The summed E-state index contributed by atoms with van der Waals surface area (Å²) >= 11 is 0. The third-order valence-electron chi connectivity index (χ3n) is 8.46. The second-order valence-corrected chi connectivity index (χ2v) is 12.3. The maximum absolute atomic E-state index is 14.5. The Morgan fingerprint density at radius 2 is 1.70 bits per heavy atom. The number of carbonyl (C=O) groups excluding carboxylic acids is 2. The Morgan fingerprint density at radius 3 is 2.36 bits per heavy atom. The first-order valence-corrected chi connectivity index (χ1v) is 16.4. The average molecular weight is 649 g/mol. The molecule has 47 heavy (non-hydrogen) atoms. The van der Waals surface area contributed by atoms with Crippen molar-refractivity contribution in [1.82, 2.24) is 20.9 Å². The lowest BCUT2D eigenvalue weighted by Crippen LogP contribution is -2.53. The van der Waals surface area contributed by atoms with Crippen LogP contribution in [-0.4, -0.2) is 47.6 Å². The molecule has 0 bridgehead atoms. The number of aliphatic hydroxyl groups excluding tert-OH is 1. The van der Waals surface area contributed by atoms with Crippen molar-refractivity contribution >= 4 is 17.4 Å². The van der Waals surface area contributed by atoms with E-state index in [9.17, 15) is 23.5 Å². The van der Waals surface area contributed by atoms with Crippen LogP contribution in [0.25, 0.3) is 5.57 Å². The van der Waals surface area contributed by atoms with Crippen LogP contribution in [-0.2, 0) is 29.0 Å². The molecule has 10 heteroatoms. The van der Waals surface area contributed by atoms with E-state index in [1.54, 1.807) is 19.1 Å². The van der Waals surface area contributed by atoms with Crippen molar-refractivity contribution in [2.75, 3.05) is 19.6 Å². The Bertz CT molecular complexity index is 1580. The number of nitrogens with zero attached hydrogens (tertiary/aromatic N) is 1. The highest BCUT2D eigenvalue weighted by atomic mass is 19.1. The fraction of sp³-hybridized carbons (Fsp3) is 0.432. The van der Waals surface area contributed by atoms with Gasteiger partial charge in [-0.05, 0) is 73.9 Å². The normalized spacial score (nSPS) is 17.4. The van der Waals surface area contributed by atoms with Gasteiger partial charge in [-0.2, -0.15) is 0 Å². The summed E-state index contributed by atoms with van der Waals surface area (Å²) in [6.07, 6.45) is 5.80. The summed E-state index contributed by atoms with van der Waals surface area (Å²) in [7, 11) is 0. The summed E-state index contributed by atoms with van der Waals surface area (Å²) in [5.41, 5.74) is 2.30. The van der Waals surface area contributed by atoms with Crippen LogP contribution in [0.2, 0.25) is 0 Å². The lowest BCUT2D eigenvalue weighted by atomic mass is 9.63. The second kappa shape index (κ2) is 16.6. The van der Waals surface area contributed by atoms with Crippen molar-refractivity contribution in [3.05, 3.63) is 106 Å². The van der Waals surface area contributed by atoms with E-state index in [0.29, 0.717) is 49.3 Å². The third kappa shape index (κ3) is 9.23. The summed E-state index contributed by atoms with van der Waals surface area (Å²) in [5.74, 6) is -3.00. The van der Waals surface area contributed by atoms with Gasteiger partial charge in [-0.3, -0.25) is 9.59 Å².